The molecule has 104 valence electrons. The van der Waals surface area contributed by atoms with Gasteiger partial charge in [0.2, 0.25) is 0 Å². The summed E-state index contributed by atoms with van der Waals surface area (Å²) in [6, 6.07) is 1.94. The van der Waals surface area contributed by atoms with E-state index >= 15 is 0 Å². The number of hydrogen-bond donors (Lipinski definition) is 0. The summed E-state index contributed by atoms with van der Waals surface area (Å²) in [5.41, 5.74) is 0. The lowest BCUT2D eigenvalue weighted by atomic mass is 10.1. The molecule has 18 heavy (non-hydrogen) atoms. The first kappa shape index (κ1) is 16.9. The van der Waals surface area contributed by atoms with Crippen molar-refractivity contribution >= 4 is 5.97 Å². The number of rotatable bonds is 9. The predicted octanol–water partition coefficient (Wildman–Crippen LogP) is 2.59. The number of nitrogens with zero attached hydrogens (tertiary/aromatic N) is 2. The molecule has 0 fully saturated rings. The molecule has 0 aromatic rings. The third kappa shape index (κ3) is 6.61. The number of carbonyl (C=O) groups is 1. The molecule has 4 heteroatoms. The number of esters is 1. The zero-order valence-electron chi connectivity index (χ0n) is 12.1. The number of methoxy groups -OCH3 is 1. The lowest BCUT2D eigenvalue weighted by Gasteiger charge is -2.30. The smallest absolute Gasteiger partial charge is 0.323 e. The van der Waals surface area contributed by atoms with E-state index in [1.54, 1.807) is 0 Å². The molecule has 0 rings (SSSR count). The monoisotopic (exact) mass is 254 g/mol. The Labute approximate surface area is 111 Å². The summed E-state index contributed by atoms with van der Waals surface area (Å²) >= 11 is 0. The van der Waals surface area contributed by atoms with Gasteiger partial charge in [-0.3, -0.25) is 9.69 Å². The molecule has 0 saturated heterocycles. The van der Waals surface area contributed by atoms with Crippen LogP contribution in [0.1, 0.15) is 46.5 Å². The summed E-state index contributed by atoms with van der Waals surface area (Å²) in [4.78, 5) is 13.9. The third-order valence-electron chi connectivity index (χ3n) is 2.86. The standard InChI is InChI=1S/C14H26N2O2/c1-5-6-8-13(14(17)18-4)16(10-7-9-15)11-12(2)3/h12-13H,5-8,10-11H2,1-4H3. The fourth-order valence-electron chi connectivity index (χ4n) is 2.02. The van der Waals surface area contributed by atoms with Gasteiger partial charge in [-0.25, -0.2) is 0 Å². The highest BCUT2D eigenvalue weighted by molar-refractivity contribution is 5.75. The van der Waals surface area contributed by atoms with Crippen molar-refractivity contribution in [3.63, 3.8) is 0 Å². The van der Waals surface area contributed by atoms with Crippen molar-refractivity contribution in [3.05, 3.63) is 0 Å². The molecule has 0 N–H and O–H groups in total. The maximum atomic E-state index is 11.9. The topological polar surface area (TPSA) is 53.3 Å². The molecule has 0 saturated carbocycles. The van der Waals surface area contributed by atoms with Gasteiger partial charge in [-0.1, -0.05) is 33.6 Å². The highest BCUT2D eigenvalue weighted by Crippen LogP contribution is 2.13. The molecule has 0 heterocycles. The minimum Gasteiger partial charge on any atom is -0.468 e. The van der Waals surface area contributed by atoms with E-state index in [1.165, 1.54) is 7.11 Å². The average Bonchev–Trinajstić information content (AvgIpc) is 2.34. The molecule has 0 radical (unpaired) electrons. The minimum atomic E-state index is -0.203. The van der Waals surface area contributed by atoms with Crippen LogP contribution in [-0.2, 0) is 9.53 Å². The van der Waals surface area contributed by atoms with Crippen LogP contribution >= 0.6 is 0 Å². The van der Waals surface area contributed by atoms with E-state index in [0.29, 0.717) is 18.9 Å². The van der Waals surface area contributed by atoms with Crippen LogP contribution < -0.4 is 0 Å². The number of carbonyl (C=O) groups excluding carboxylic acids is 1. The zero-order chi connectivity index (χ0) is 14.0. The summed E-state index contributed by atoms with van der Waals surface area (Å²) in [5.74, 6) is 0.291. The summed E-state index contributed by atoms with van der Waals surface area (Å²) in [5, 5.41) is 8.71. The molecular formula is C14H26N2O2. The molecule has 0 aliphatic rings. The molecule has 1 atom stereocenters. The van der Waals surface area contributed by atoms with Crippen LogP contribution in [0.15, 0.2) is 0 Å². The van der Waals surface area contributed by atoms with Crippen LogP contribution in [0.25, 0.3) is 0 Å². The molecule has 1 unspecified atom stereocenters. The Morgan fingerprint density at radius 2 is 2.11 bits per heavy atom. The Balaban J connectivity index is 4.70. The normalized spacial score (nSPS) is 12.5. The first-order valence-corrected chi connectivity index (χ1v) is 6.75. The van der Waals surface area contributed by atoms with Crippen LogP contribution in [0.4, 0.5) is 0 Å². The number of nitriles is 1. The first-order chi connectivity index (χ1) is 8.56. The number of ether oxygens (including phenoxy) is 1. The van der Waals surface area contributed by atoms with E-state index in [9.17, 15) is 4.79 Å². The SMILES string of the molecule is CCCCC(C(=O)OC)N(CCC#N)CC(C)C. The molecule has 0 aromatic carbocycles. The highest BCUT2D eigenvalue weighted by Gasteiger charge is 2.26. The maximum absolute atomic E-state index is 11.9. The van der Waals surface area contributed by atoms with Crippen molar-refractivity contribution in [1.82, 2.24) is 4.90 Å². The van der Waals surface area contributed by atoms with E-state index in [1.807, 2.05) is 0 Å². The van der Waals surface area contributed by atoms with Gasteiger partial charge in [-0.15, -0.1) is 0 Å². The van der Waals surface area contributed by atoms with Crippen LogP contribution in [0.2, 0.25) is 0 Å². The third-order valence-corrected chi connectivity index (χ3v) is 2.86. The van der Waals surface area contributed by atoms with Gasteiger partial charge in [0.25, 0.3) is 0 Å². The largest absolute Gasteiger partial charge is 0.468 e. The molecule has 0 aromatic heterocycles. The van der Waals surface area contributed by atoms with Crippen LogP contribution in [0, 0.1) is 17.2 Å². The summed E-state index contributed by atoms with van der Waals surface area (Å²) in [6.07, 6.45) is 3.32. The summed E-state index contributed by atoms with van der Waals surface area (Å²) in [6.45, 7) is 7.81. The minimum absolute atomic E-state index is 0.179. The molecule has 0 amide bonds. The second-order valence-corrected chi connectivity index (χ2v) is 4.98. The van der Waals surface area contributed by atoms with Gasteiger partial charge in [0, 0.05) is 19.5 Å². The van der Waals surface area contributed by atoms with E-state index in [-0.39, 0.29) is 12.0 Å². The van der Waals surface area contributed by atoms with E-state index in [0.717, 1.165) is 25.8 Å². The summed E-state index contributed by atoms with van der Waals surface area (Å²) in [7, 11) is 1.43. The van der Waals surface area contributed by atoms with Gasteiger partial charge in [0.05, 0.1) is 13.2 Å². The van der Waals surface area contributed by atoms with Crippen molar-refractivity contribution in [2.75, 3.05) is 20.2 Å². The fraction of sp³-hybridized carbons (Fsp3) is 0.857. The Hall–Kier alpha value is -1.08. The van der Waals surface area contributed by atoms with E-state index < -0.39 is 0 Å². The van der Waals surface area contributed by atoms with Gasteiger partial charge in [-0.2, -0.15) is 5.26 Å². The van der Waals surface area contributed by atoms with Crippen LogP contribution in [0.3, 0.4) is 0 Å². The lowest BCUT2D eigenvalue weighted by Crippen LogP contribution is -2.44. The Morgan fingerprint density at radius 3 is 2.56 bits per heavy atom. The van der Waals surface area contributed by atoms with Crippen molar-refractivity contribution in [2.45, 2.75) is 52.5 Å². The Kier molecular flexibility index (Phi) is 9.31. The fourth-order valence-corrected chi connectivity index (χ4v) is 2.02. The van der Waals surface area contributed by atoms with E-state index in [2.05, 4.69) is 31.7 Å². The second-order valence-electron chi connectivity index (χ2n) is 4.98. The highest BCUT2D eigenvalue weighted by atomic mass is 16.5. The van der Waals surface area contributed by atoms with Crippen molar-refractivity contribution < 1.29 is 9.53 Å². The van der Waals surface area contributed by atoms with Crippen molar-refractivity contribution in [1.29, 1.82) is 5.26 Å². The molecule has 0 spiro atoms. The second kappa shape index (κ2) is 9.90. The van der Waals surface area contributed by atoms with Crippen LogP contribution in [-0.4, -0.2) is 37.1 Å². The molecule has 0 aliphatic carbocycles. The van der Waals surface area contributed by atoms with Gasteiger partial charge in [-0.05, 0) is 12.3 Å². The molecule has 0 bridgehead atoms. The molecule has 0 aliphatic heterocycles. The average molecular weight is 254 g/mol. The molecular weight excluding hydrogens is 228 g/mol. The summed E-state index contributed by atoms with van der Waals surface area (Å²) < 4.78 is 4.89. The van der Waals surface area contributed by atoms with Gasteiger partial charge >= 0.3 is 5.97 Å². The molecule has 4 nitrogen and oxygen atoms in total. The van der Waals surface area contributed by atoms with Gasteiger partial charge in [0.1, 0.15) is 6.04 Å². The van der Waals surface area contributed by atoms with Gasteiger partial charge < -0.3 is 4.74 Å². The van der Waals surface area contributed by atoms with Crippen molar-refractivity contribution in [2.24, 2.45) is 5.92 Å². The quantitative estimate of drug-likeness (QED) is 0.593. The lowest BCUT2D eigenvalue weighted by molar-refractivity contribution is -0.147. The first-order valence-electron chi connectivity index (χ1n) is 6.75. The number of unbranched alkanes of at least 4 members (excludes halogenated alkanes) is 1. The Morgan fingerprint density at radius 1 is 1.44 bits per heavy atom. The van der Waals surface area contributed by atoms with Crippen LogP contribution in [0.5, 0.6) is 0 Å². The van der Waals surface area contributed by atoms with Crippen molar-refractivity contribution in [3.8, 4) is 6.07 Å². The predicted molar refractivity (Wildman–Crippen MR) is 72.0 cm³/mol. The van der Waals surface area contributed by atoms with Gasteiger partial charge in [0.15, 0.2) is 0 Å². The maximum Gasteiger partial charge on any atom is 0.323 e. The Bertz CT molecular complexity index is 271. The zero-order valence-corrected chi connectivity index (χ0v) is 12.1. The number of hydrogen-bond acceptors (Lipinski definition) is 4. The van der Waals surface area contributed by atoms with E-state index in [4.69, 9.17) is 10.00 Å².